The van der Waals surface area contributed by atoms with Crippen LogP contribution >= 0.6 is 0 Å². The molecule has 2 bridgehead atoms. The number of alkyl halides is 3. The first-order chi connectivity index (χ1) is 12.1. The minimum Gasteiger partial charge on any atom is -0.478 e. The van der Waals surface area contributed by atoms with Gasteiger partial charge in [0.05, 0.1) is 12.1 Å². The molecule has 1 aromatic heterocycles. The summed E-state index contributed by atoms with van der Waals surface area (Å²) in [5.74, 6) is -0.953. The molecule has 26 heavy (non-hydrogen) atoms. The van der Waals surface area contributed by atoms with Crippen LogP contribution in [-0.2, 0) is 0 Å². The maximum atomic E-state index is 12.5. The van der Waals surface area contributed by atoms with Gasteiger partial charge in [-0.15, -0.1) is 0 Å². The van der Waals surface area contributed by atoms with Crippen molar-refractivity contribution >= 4 is 16.9 Å². The fraction of sp³-hybridized carbons (Fsp3) is 0.526. The van der Waals surface area contributed by atoms with Gasteiger partial charge < -0.3 is 15.0 Å². The number of halogens is 3. The van der Waals surface area contributed by atoms with Crippen molar-refractivity contribution in [2.24, 2.45) is 5.41 Å². The van der Waals surface area contributed by atoms with Crippen LogP contribution < -0.4 is 5.32 Å². The standard InChI is InChI=1S/C19H21F3N2O2/c1-11-15(16(25)26)13-5-3-4-6-14(13)24(11)12(2)17-7-18(8-17,9-17)23-10-19(20,21)22/h3-6,12,23H,7-10H2,1-2H3,(H,25,26). The van der Waals surface area contributed by atoms with Gasteiger partial charge in [-0.2, -0.15) is 13.2 Å². The van der Waals surface area contributed by atoms with Crippen LogP contribution in [0.15, 0.2) is 24.3 Å². The quantitative estimate of drug-likeness (QED) is 0.830. The second-order valence-corrected chi connectivity index (χ2v) is 7.97. The van der Waals surface area contributed by atoms with Gasteiger partial charge in [-0.05, 0) is 44.6 Å². The van der Waals surface area contributed by atoms with Gasteiger partial charge in [0.2, 0.25) is 0 Å². The van der Waals surface area contributed by atoms with E-state index in [9.17, 15) is 23.1 Å². The highest BCUT2D eigenvalue weighted by Crippen LogP contribution is 2.72. The van der Waals surface area contributed by atoms with E-state index >= 15 is 0 Å². The molecule has 0 spiro atoms. The third-order valence-electron chi connectivity index (χ3n) is 6.38. The molecule has 0 aliphatic heterocycles. The molecule has 1 aromatic carbocycles. The molecule has 0 amide bonds. The fourth-order valence-electron chi connectivity index (χ4n) is 5.22. The minimum absolute atomic E-state index is 0.0371. The van der Waals surface area contributed by atoms with E-state index in [0.29, 0.717) is 35.9 Å². The zero-order chi connectivity index (χ0) is 18.9. The van der Waals surface area contributed by atoms with Crippen molar-refractivity contribution < 1.29 is 23.1 Å². The molecule has 1 heterocycles. The Kier molecular flexibility index (Phi) is 3.51. The lowest BCUT2D eigenvalue weighted by Crippen LogP contribution is -2.76. The molecular weight excluding hydrogens is 345 g/mol. The van der Waals surface area contributed by atoms with Crippen LogP contribution in [0.3, 0.4) is 0 Å². The highest BCUT2D eigenvalue weighted by molar-refractivity contribution is 6.05. The second kappa shape index (κ2) is 5.25. The molecule has 7 heteroatoms. The summed E-state index contributed by atoms with van der Waals surface area (Å²) in [6.07, 6.45) is -2.10. The predicted molar refractivity (Wildman–Crippen MR) is 91.4 cm³/mol. The highest BCUT2D eigenvalue weighted by Gasteiger charge is 2.70. The van der Waals surface area contributed by atoms with E-state index in [0.717, 1.165) is 5.52 Å². The Morgan fingerprint density at radius 1 is 1.31 bits per heavy atom. The average Bonchev–Trinajstić information content (AvgIpc) is 2.74. The first-order valence-electron chi connectivity index (χ1n) is 8.72. The number of benzene rings is 1. The Labute approximate surface area is 149 Å². The molecule has 3 saturated carbocycles. The molecule has 4 nitrogen and oxygen atoms in total. The predicted octanol–water partition coefficient (Wildman–Crippen LogP) is 4.28. The Morgan fingerprint density at radius 3 is 2.50 bits per heavy atom. The molecule has 3 fully saturated rings. The fourth-order valence-corrected chi connectivity index (χ4v) is 5.22. The van der Waals surface area contributed by atoms with E-state index in [2.05, 4.69) is 16.8 Å². The third kappa shape index (κ3) is 2.36. The van der Waals surface area contributed by atoms with Crippen LogP contribution in [0.1, 0.15) is 48.3 Å². The molecule has 5 rings (SSSR count). The zero-order valence-electron chi connectivity index (χ0n) is 14.7. The Balaban J connectivity index is 1.61. The summed E-state index contributed by atoms with van der Waals surface area (Å²) < 4.78 is 39.5. The van der Waals surface area contributed by atoms with Gasteiger partial charge in [0.25, 0.3) is 0 Å². The number of para-hydroxylation sites is 1. The Hall–Kier alpha value is -2.02. The van der Waals surface area contributed by atoms with Crippen molar-refractivity contribution in [3.05, 3.63) is 35.5 Å². The number of aromatic nitrogens is 1. The van der Waals surface area contributed by atoms with E-state index in [1.54, 1.807) is 0 Å². The maximum Gasteiger partial charge on any atom is 0.401 e. The number of rotatable bonds is 5. The molecular formula is C19H21F3N2O2. The van der Waals surface area contributed by atoms with Gasteiger partial charge in [-0.25, -0.2) is 4.79 Å². The topological polar surface area (TPSA) is 54.3 Å². The van der Waals surface area contributed by atoms with E-state index in [4.69, 9.17) is 0 Å². The molecule has 1 atom stereocenters. The number of carboxylic acid groups (broad SMARTS) is 1. The highest BCUT2D eigenvalue weighted by atomic mass is 19.4. The summed E-state index contributed by atoms with van der Waals surface area (Å²) in [7, 11) is 0. The summed E-state index contributed by atoms with van der Waals surface area (Å²) >= 11 is 0. The first-order valence-corrected chi connectivity index (χ1v) is 8.72. The van der Waals surface area contributed by atoms with E-state index in [-0.39, 0.29) is 11.5 Å². The monoisotopic (exact) mass is 366 g/mol. The van der Waals surface area contributed by atoms with Crippen LogP contribution in [-0.4, -0.2) is 33.9 Å². The number of hydrogen-bond acceptors (Lipinski definition) is 2. The van der Waals surface area contributed by atoms with Crippen molar-refractivity contribution in [3.63, 3.8) is 0 Å². The van der Waals surface area contributed by atoms with E-state index < -0.39 is 24.2 Å². The van der Waals surface area contributed by atoms with Gasteiger partial charge in [0, 0.05) is 28.2 Å². The lowest BCUT2D eigenvalue weighted by molar-refractivity contribution is -0.201. The van der Waals surface area contributed by atoms with Gasteiger partial charge in [0.1, 0.15) is 0 Å². The minimum atomic E-state index is -4.20. The van der Waals surface area contributed by atoms with Crippen molar-refractivity contribution in [1.82, 2.24) is 9.88 Å². The van der Waals surface area contributed by atoms with Crippen LogP contribution in [0.2, 0.25) is 0 Å². The number of aromatic carboxylic acids is 1. The van der Waals surface area contributed by atoms with Gasteiger partial charge >= 0.3 is 12.1 Å². The summed E-state index contributed by atoms with van der Waals surface area (Å²) in [4.78, 5) is 11.7. The summed E-state index contributed by atoms with van der Waals surface area (Å²) in [6.45, 7) is 2.91. The molecule has 140 valence electrons. The summed E-state index contributed by atoms with van der Waals surface area (Å²) in [5, 5.41) is 13.0. The first kappa shape index (κ1) is 17.4. The largest absolute Gasteiger partial charge is 0.478 e. The number of hydrogen-bond donors (Lipinski definition) is 2. The van der Waals surface area contributed by atoms with Crippen molar-refractivity contribution in [2.45, 2.75) is 50.9 Å². The van der Waals surface area contributed by atoms with Gasteiger partial charge in [0.15, 0.2) is 0 Å². The Morgan fingerprint density at radius 2 is 1.92 bits per heavy atom. The lowest BCUT2D eigenvalue weighted by Gasteiger charge is -2.73. The normalized spacial score (nSPS) is 28.5. The van der Waals surface area contributed by atoms with Crippen molar-refractivity contribution in [2.75, 3.05) is 6.54 Å². The smallest absolute Gasteiger partial charge is 0.401 e. The van der Waals surface area contributed by atoms with Crippen LogP contribution in [0.25, 0.3) is 10.9 Å². The summed E-state index contributed by atoms with van der Waals surface area (Å²) in [5.41, 5.74) is 1.44. The van der Waals surface area contributed by atoms with Crippen molar-refractivity contribution in [3.8, 4) is 0 Å². The molecule has 3 aliphatic carbocycles. The Bertz CT molecular complexity index is 880. The summed E-state index contributed by atoms with van der Waals surface area (Å²) in [6, 6.07) is 7.46. The van der Waals surface area contributed by atoms with Crippen LogP contribution in [0.4, 0.5) is 13.2 Å². The molecule has 2 N–H and O–H groups in total. The van der Waals surface area contributed by atoms with Crippen LogP contribution in [0, 0.1) is 12.3 Å². The molecule has 0 saturated heterocycles. The molecule has 2 aromatic rings. The average molecular weight is 366 g/mol. The number of fused-ring (bicyclic) bond motifs is 1. The molecule has 1 unspecified atom stereocenters. The number of nitrogens with one attached hydrogen (secondary N) is 1. The lowest BCUT2D eigenvalue weighted by atomic mass is 9.37. The molecule has 3 aliphatic rings. The van der Waals surface area contributed by atoms with Crippen molar-refractivity contribution in [1.29, 1.82) is 0 Å². The number of carbonyl (C=O) groups is 1. The van der Waals surface area contributed by atoms with Gasteiger partial charge in [-0.1, -0.05) is 18.2 Å². The zero-order valence-corrected chi connectivity index (χ0v) is 14.7. The van der Waals surface area contributed by atoms with Gasteiger partial charge in [-0.3, -0.25) is 0 Å². The van der Waals surface area contributed by atoms with E-state index in [1.807, 2.05) is 31.2 Å². The van der Waals surface area contributed by atoms with Crippen LogP contribution in [0.5, 0.6) is 0 Å². The third-order valence-corrected chi connectivity index (χ3v) is 6.38. The van der Waals surface area contributed by atoms with E-state index in [1.165, 1.54) is 0 Å². The number of nitrogens with zero attached hydrogens (tertiary/aromatic N) is 1. The SMILES string of the molecule is Cc1c(C(=O)O)c2ccccc2n1C(C)C12CC(NCC(F)(F)F)(C1)C2. The molecule has 0 radical (unpaired) electrons. The second-order valence-electron chi connectivity index (χ2n) is 7.97. The maximum absolute atomic E-state index is 12.5. The number of carboxylic acids is 1.